The number of benzene rings is 6. The van der Waals surface area contributed by atoms with Gasteiger partial charge in [-0.1, -0.05) is 93.2 Å². The van der Waals surface area contributed by atoms with E-state index in [4.69, 9.17) is 0 Å². The lowest BCUT2D eigenvalue weighted by Crippen LogP contribution is -2.20. The maximum Gasteiger partial charge on any atom is 0.0465 e. The molecule has 0 radical (unpaired) electrons. The quantitative estimate of drug-likeness (QED) is 0.162. The van der Waals surface area contributed by atoms with Crippen LogP contribution in [0, 0.1) is 13.8 Å². The van der Waals surface area contributed by atoms with E-state index in [1.165, 1.54) is 33.4 Å². The van der Waals surface area contributed by atoms with Gasteiger partial charge in [0.2, 0.25) is 0 Å². The topological polar surface area (TPSA) is 6.48 Å². The van der Waals surface area contributed by atoms with Gasteiger partial charge in [-0.05, 0) is 140 Å². The molecule has 2 nitrogen and oxygen atoms in total. The molecule has 0 amide bonds. The molecule has 0 spiro atoms. The zero-order valence-corrected chi connectivity index (χ0v) is 29.7. The van der Waals surface area contributed by atoms with E-state index in [-0.39, 0.29) is 5.41 Å². The van der Waals surface area contributed by atoms with E-state index in [2.05, 4.69) is 203 Å². The summed E-state index contributed by atoms with van der Waals surface area (Å²) in [5.74, 6) is 0. The van der Waals surface area contributed by atoms with Gasteiger partial charge in [0.1, 0.15) is 0 Å². The largest absolute Gasteiger partial charge is 0.310 e. The summed E-state index contributed by atoms with van der Waals surface area (Å²) in [5, 5.41) is 0. The molecule has 0 aromatic heterocycles. The molecular formula is C42H36Br2N2. The Balaban J connectivity index is 1.35. The first-order valence-corrected chi connectivity index (χ1v) is 17.4. The number of fused-ring (bicyclic) bond motifs is 3. The summed E-state index contributed by atoms with van der Waals surface area (Å²) in [6.45, 7) is 9.00. The van der Waals surface area contributed by atoms with Crippen LogP contribution in [0.1, 0.15) is 42.5 Å². The van der Waals surface area contributed by atoms with E-state index in [1.54, 1.807) is 0 Å². The maximum atomic E-state index is 3.63. The molecule has 0 bridgehead atoms. The normalized spacial score (nSPS) is 12.8. The highest BCUT2D eigenvalue weighted by Crippen LogP contribution is 2.54. The van der Waals surface area contributed by atoms with Crippen molar-refractivity contribution < 1.29 is 0 Å². The molecule has 4 heteroatoms. The first kappa shape index (κ1) is 30.5. The van der Waals surface area contributed by atoms with Crippen molar-refractivity contribution in [1.29, 1.82) is 0 Å². The third-order valence-corrected chi connectivity index (χ3v) is 10.5. The number of anilines is 6. The Bertz CT molecular complexity index is 1780. The highest BCUT2D eigenvalue weighted by molar-refractivity contribution is 9.10. The molecule has 0 atom stereocenters. The summed E-state index contributed by atoms with van der Waals surface area (Å²) in [6, 6.07) is 48.8. The molecule has 0 saturated heterocycles. The minimum absolute atomic E-state index is 0.145. The second-order valence-corrected chi connectivity index (χ2v) is 14.3. The van der Waals surface area contributed by atoms with Gasteiger partial charge in [-0.2, -0.15) is 0 Å². The van der Waals surface area contributed by atoms with Crippen LogP contribution >= 0.6 is 31.9 Å². The molecule has 7 rings (SSSR count). The van der Waals surface area contributed by atoms with Crippen molar-refractivity contribution in [2.75, 3.05) is 9.80 Å². The van der Waals surface area contributed by atoms with Crippen molar-refractivity contribution in [3.05, 3.63) is 165 Å². The molecule has 0 N–H and O–H groups in total. The molecule has 46 heavy (non-hydrogen) atoms. The van der Waals surface area contributed by atoms with Gasteiger partial charge in [0, 0.05) is 48.5 Å². The number of aryl methyl sites for hydroxylation is 2. The summed E-state index contributed by atoms with van der Waals surface area (Å²) in [4.78, 5) is 4.73. The van der Waals surface area contributed by atoms with E-state index in [9.17, 15) is 0 Å². The summed E-state index contributed by atoms with van der Waals surface area (Å²) < 4.78 is 2.14. The molecule has 0 aliphatic heterocycles. The number of hydrogen-bond acceptors (Lipinski definition) is 2. The predicted molar refractivity (Wildman–Crippen MR) is 203 cm³/mol. The summed E-state index contributed by atoms with van der Waals surface area (Å²) in [5.41, 5.74) is 14.6. The van der Waals surface area contributed by atoms with Gasteiger partial charge in [-0.25, -0.2) is 0 Å². The summed E-state index contributed by atoms with van der Waals surface area (Å²) in [6.07, 6.45) is 0.992. The van der Waals surface area contributed by atoms with E-state index >= 15 is 0 Å². The van der Waals surface area contributed by atoms with Crippen LogP contribution in [-0.2, 0) is 5.41 Å². The molecule has 0 saturated carbocycles. The van der Waals surface area contributed by atoms with Crippen LogP contribution < -0.4 is 9.80 Å². The van der Waals surface area contributed by atoms with Gasteiger partial charge < -0.3 is 9.80 Å². The highest BCUT2D eigenvalue weighted by Gasteiger charge is 2.39. The number of nitrogens with zero attached hydrogens (tertiary/aromatic N) is 2. The van der Waals surface area contributed by atoms with Gasteiger partial charge in [-0.3, -0.25) is 0 Å². The standard InChI is InChI=1S/C42H36Br2N2/c1-5-42(4)40-26-36(45(32-14-6-28(2)7-15-32)34-18-10-30(43)11-19-34)22-24-38(40)39-25-23-37(27-41(39)42)46(33-16-8-29(3)9-17-33)35-20-12-31(44)13-21-35/h6-27H,5H2,1-4H3. The fourth-order valence-electron chi connectivity index (χ4n) is 6.71. The lowest BCUT2D eigenvalue weighted by atomic mass is 9.77. The Kier molecular flexibility index (Phi) is 8.12. The monoisotopic (exact) mass is 726 g/mol. The fraction of sp³-hybridized carbons (Fsp3) is 0.143. The third-order valence-electron chi connectivity index (χ3n) is 9.46. The van der Waals surface area contributed by atoms with Gasteiger partial charge in [0.15, 0.2) is 0 Å². The minimum atomic E-state index is -0.145. The summed E-state index contributed by atoms with van der Waals surface area (Å²) in [7, 11) is 0. The zero-order valence-electron chi connectivity index (χ0n) is 26.6. The van der Waals surface area contributed by atoms with Crippen molar-refractivity contribution in [3.8, 4) is 11.1 Å². The van der Waals surface area contributed by atoms with Crippen molar-refractivity contribution in [3.63, 3.8) is 0 Å². The Morgan fingerprint density at radius 3 is 1.09 bits per heavy atom. The van der Waals surface area contributed by atoms with Crippen LogP contribution in [0.3, 0.4) is 0 Å². The smallest absolute Gasteiger partial charge is 0.0465 e. The van der Waals surface area contributed by atoms with Crippen molar-refractivity contribution in [2.45, 2.75) is 39.5 Å². The van der Waals surface area contributed by atoms with Crippen molar-refractivity contribution in [1.82, 2.24) is 0 Å². The second kappa shape index (κ2) is 12.2. The highest BCUT2D eigenvalue weighted by atomic mass is 79.9. The van der Waals surface area contributed by atoms with Crippen LogP contribution in [0.25, 0.3) is 11.1 Å². The van der Waals surface area contributed by atoms with Gasteiger partial charge in [-0.15, -0.1) is 0 Å². The first-order valence-electron chi connectivity index (χ1n) is 15.8. The minimum Gasteiger partial charge on any atom is -0.310 e. The molecule has 228 valence electrons. The van der Waals surface area contributed by atoms with E-state index in [0.29, 0.717) is 0 Å². The predicted octanol–water partition coefficient (Wildman–Crippen LogP) is 13.5. The maximum absolute atomic E-state index is 3.63. The molecule has 6 aromatic rings. The second-order valence-electron chi connectivity index (χ2n) is 12.4. The zero-order chi connectivity index (χ0) is 32.0. The Labute approximate surface area is 289 Å². The van der Waals surface area contributed by atoms with Gasteiger partial charge >= 0.3 is 0 Å². The van der Waals surface area contributed by atoms with Crippen molar-refractivity contribution in [2.24, 2.45) is 0 Å². The Morgan fingerprint density at radius 1 is 0.457 bits per heavy atom. The van der Waals surface area contributed by atoms with Gasteiger partial charge in [0.05, 0.1) is 0 Å². The van der Waals surface area contributed by atoms with Crippen molar-refractivity contribution >= 4 is 66.0 Å². The number of hydrogen-bond donors (Lipinski definition) is 0. The average molecular weight is 729 g/mol. The molecule has 0 heterocycles. The van der Waals surface area contributed by atoms with Crippen LogP contribution in [-0.4, -0.2) is 0 Å². The number of rotatable bonds is 7. The van der Waals surface area contributed by atoms with Crippen LogP contribution in [0.2, 0.25) is 0 Å². The molecule has 1 aliphatic rings. The van der Waals surface area contributed by atoms with E-state index in [1.807, 2.05) is 0 Å². The van der Waals surface area contributed by atoms with Crippen LogP contribution in [0.4, 0.5) is 34.1 Å². The Morgan fingerprint density at radius 2 is 0.761 bits per heavy atom. The van der Waals surface area contributed by atoms with E-state index in [0.717, 1.165) is 49.5 Å². The fourth-order valence-corrected chi connectivity index (χ4v) is 7.24. The molecular weight excluding hydrogens is 692 g/mol. The van der Waals surface area contributed by atoms with Crippen LogP contribution in [0.15, 0.2) is 142 Å². The Hall–Kier alpha value is -4.12. The SMILES string of the molecule is CCC1(C)c2cc(N(c3ccc(C)cc3)c3ccc(Br)cc3)ccc2-c2ccc(N(c3ccc(C)cc3)c3ccc(Br)cc3)cc21. The molecule has 1 aliphatic carbocycles. The summed E-state index contributed by atoms with van der Waals surface area (Å²) >= 11 is 7.25. The lowest BCUT2D eigenvalue weighted by molar-refractivity contribution is 0.564. The average Bonchev–Trinajstić information content (AvgIpc) is 3.32. The van der Waals surface area contributed by atoms with Crippen LogP contribution in [0.5, 0.6) is 0 Å². The first-order chi connectivity index (χ1) is 22.2. The third kappa shape index (κ3) is 5.48. The number of halogens is 2. The van der Waals surface area contributed by atoms with E-state index < -0.39 is 0 Å². The lowest BCUT2D eigenvalue weighted by Gasteiger charge is -2.31. The van der Waals surface area contributed by atoms with Gasteiger partial charge in [0.25, 0.3) is 0 Å². The molecule has 0 unspecified atom stereocenters. The molecule has 0 fully saturated rings. The molecule has 6 aromatic carbocycles.